The molecule has 0 saturated carbocycles. The number of anilines is 1. The first-order chi connectivity index (χ1) is 13.0. The van der Waals surface area contributed by atoms with E-state index in [0.29, 0.717) is 40.3 Å². The molecule has 6 nitrogen and oxygen atoms in total. The number of aryl methyl sites for hydroxylation is 1. The zero-order chi connectivity index (χ0) is 19.4. The highest BCUT2D eigenvalue weighted by atomic mass is 19.1. The number of nitrogens with zero attached hydrogens (tertiary/aromatic N) is 1. The number of methoxy groups -OCH3 is 1. The standard InChI is InChI=1S/C20H18FN3O3/c1-12-19(14-10-13(26-2)6-7-18(14)27-12)20(25)24-9-8-23-17-5-3-4-16(21)15(17)11-22/h3-7,10,23H,8-9H2,1-2H3,(H,24,25). The largest absolute Gasteiger partial charge is 0.497 e. The molecule has 1 aromatic heterocycles. The van der Waals surface area contributed by atoms with Gasteiger partial charge in [0, 0.05) is 18.5 Å². The summed E-state index contributed by atoms with van der Waals surface area (Å²) in [5.74, 6) is 0.289. The number of carbonyl (C=O) groups is 1. The first-order valence-electron chi connectivity index (χ1n) is 8.33. The molecule has 27 heavy (non-hydrogen) atoms. The predicted octanol–water partition coefficient (Wildman–Crippen LogP) is 3.60. The van der Waals surface area contributed by atoms with Gasteiger partial charge in [0.25, 0.3) is 5.91 Å². The van der Waals surface area contributed by atoms with Crippen LogP contribution in [0.1, 0.15) is 21.7 Å². The van der Waals surface area contributed by atoms with Crippen molar-refractivity contribution in [2.75, 3.05) is 25.5 Å². The molecule has 1 amide bonds. The van der Waals surface area contributed by atoms with Crippen LogP contribution in [-0.4, -0.2) is 26.1 Å². The van der Waals surface area contributed by atoms with Gasteiger partial charge in [0.05, 0.1) is 18.4 Å². The zero-order valence-corrected chi connectivity index (χ0v) is 14.9. The highest BCUT2D eigenvalue weighted by molar-refractivity contribution is 6.07. The Kier molecular flexibility index (Phi) is 5.27. The monoisotopic (exact) mass is 367 g/mol. The Morgan fingerprint density at radius 2 is 2.11 bits per heavy atom. The lowest BCUT2D eigenvalue weighted by molar-refractivity contribution is 0.0955. The van der Waals surface area contributed by atoms with E-state index in [0.717, 1.165) is 0 Å². The minimum absolute atomic E-state index is 0.0485. The molecule has 3 aromatic rings. The molecule has 0 bridgehead atoms. The first kappa shape index (κ1) is 18.3. The van der Waals surface area contributed by atoms with Crippen LogP contribution in [0.4, 0.5) is 10.1 Å². The van der Waals surface area contributed by atoms with Crippen LogP contribution in [-0.2, 0) is 0 Å². The van der Waals surface area contributed by atoms with Crippen LogP contribution < -0.4 is 15.4 Å². The molecule has 1 heterocycles. The third kappa shape index (κ3) is 3.70. The summed E-state index contributed by atoms with van der Waals surface area (Å²) in [4.78, 5) is 12.6. The van der Waals surface area contributed by atoms with Gasteiger partial charge in [-0.15, -0.1) is 0 Å². The highest BCUT2D eigenvalue weighted by Crippen LogP contribution is 2.28. The fourth-order valence-electron chi connectivity index (χ4n) is 2.85. The number of hydrogen-bond donors (Lipinski definition) is 2. The average Bonchev–Trinajstić information content (AvgIpc) is 3.00. The average molecular weight is 367 g/mol. The summed E-state index contributed by atoms with van der Waals surface area (Å²) in [6, 6.07) is 11.5. The van der Waals surface area contributed by atoms with E-state index in [-0.39, 0.29) is 18.0 Å². The maximum Gasteiger partial charge on any atom is 0.255 e. The number of amides is 1. The molecule has 0 atom stereocenters. The Bertz CT molecular complexity index is 1040. The van der Waals surface area contributed by atoms with Crippen LogP contribution in [0.5, 0.6) is 5.75 Å². The molecule has 0 unspecified atom stereocenters. The number of benzene rings is 2. The molecule has 2 aromatic carbocycles. The molecule has 2 N–H and O–H groups in total. The number of halogens is 1. The number of nitriles is 1. The Morgan fingerprint density at radius 3 is 2.85 bits per heavy atom. The normalized spacial score (nSPS) is 10.4. The minimum atomic E-state index is -0.582. The van der Waals surface area contributed by atoms with Crippen molar-refractivity contribution in [3.8, 4) is 11.8 Å². The van der Waals surface area contributed by atoms with Gasteiger partial charge in [-0.3, -0.25) is 4.79 Å². The van der Waals surface area contributed by atoms with Gasteiger partial charge in [0.2, 0.25) is 0 Å². The van der Waals surface area contributed by atoms with Crippen LogP contribution >= 0.6 is 0 Å². The van der Waals surface area contributed by atoms with Crippen molar-refractivity contribution in [1.29, 1.82) is 5.26 Å². The van der Waals surface area contributed by atoms with Gasteiger partial charge in [0.15, 0.2) is 0 Å². The van der Waals surface area contributed by atoms with E-state index in [1.807, 2.05) is 6.07 Å². The zero-order valence-electron chi connectivity index (χ0n) is 14.9. The van der Waals surface area contributed by atoms with E-state index in [1.165, 1.54) is 12.1 Å². The lowest BCUT2D eigenvalue weighted by atomic mass is 10.1. The van der Waals surface area contributed by atoms with Crippen molar-refractivity contribution in [1.82, 2.24) is 5.32 Å². The molecule has 0 aliphatic rings. The van der Waals surface area contributed by atoms with Crippen LogP contribution in [0.25, 0.3) is 11.0 Å². The van der Waals surface area contributed by atoms with Crippen LogP contribution in [0, 0.1) is 24.1 Å². The summed E-state index contributed by atoms with van der Waals surface area (Å²) in [5, 5.41) is 15.5. The third-order valence-corrected chi connectivity index (χ3v) is 4.15. The third-order valence-electron chi connectivity index (χ3n) is 4.15. The van der Waals surface area contributed by atoms with E-state index < -0.39 is 5.82 Å². The molecule has 0 spiro atoms. The van der Waals surface area contributed by atoms with Crippen molar-refractivity contribution in [3.63, 3.8) is 0 Å². The highest BCUT2D eigenvalue weighted by Gasteiger charge is 2.18. The second kappa shape index (κ2) is 7.79. The number of nitrogens with one attached hydrogen (secondary N) is 2. The fraction of sp³-hybridized carbons (Fsp3) is 0.200. The van der Waals surface area contributed by atoms with Crippen molar-refractivity contribution in [2.24, 2.45) is 0 Å². The number of ether oxygens (including phenoxy) is 1. The summed E-state index contributed by atoms with van der Waals surface area (Å²) in [5.41, 5.74) is 1.40. The van der Waals surface area contributed by atoms with E-state index in [9.17, 15) is 9.18 Å². The smallest absolute Gasteiger partial charge is 0.255 e. The molecule has 0 saturated heterocycles. The van der Waals surface area contributed by atoms with Gasteiger partial charge >= 0.3 is 0 Å². The lowest BCUT2D eigenvalue weighted by Gasteiger charge is -2.09. The van der Waals surface area contributed by atoms with Crippen molar-refractivity contribution < 1.29 is 18.3 Å². The van der Waals surface area contributed by atoms with Crippen molar-refractivity contribution in [3.05, 3.63) is 59.1 Å². The number of rotatable bonds is 6. The molecular weight excluding hydrogens is 349 g/mol. The van der Waals surface area contributed by atoms with Gasteiger partial charge in [-0.2, -0.15) is 5.26 Å². The fourth-order valence-corrected chi connectivity index (χ4v) is 2.85. The van der Waals surface area contributed by atoms with E-state index in [1.54, 1.807) is 38.3 Å². The summed E-state index contributed by atoms with van der Waals surface area (Å²) >= 11 is 0. The van der Waals surface area contributed by atoms with Gasteiger partial charge in [-0.05, 0) is 37.3 Å². The SMILES string of the molecule is COc1ccc2oc(C)c(C(=O)NCCNc3cccc(F)c3C#N)c2c1. The van der Waals surface area contributed by atoms with Crippen LogP contribution in [0.3, 0.4) is 0 Å². The second-order valence-corrected chi connectivity index (χ2v) is 5.85. The molecule has 0 aliphatic carbocycles. The maximum absolute atomic E-state index is 13.6. The summed E-state index contributed by atoms with van der Waals surface area (Å²) in [7, 11) is 1.56. The number of fused-ring (bicyclic) bond motifs is 1. The molecule has 0 fully saturated rings. The second-order valence-electron chi connectivity index (χ2n) is 5.85. The Morgan fingerprint density at radius 1 is 1.30 bits per heavy atom. The predicted molar refractivity (Wildman–Crippen MR) is 99.4 cm³/mol. The van der Waals surface area contributed by atoms with Crippen LogP contribution in [0.15, 0.2) is 40.8 Å². The van der Waals surface area contributed by atoms with Crippen molar-refractivity contribution >= 4 is 22.6 Å². The molecule has 0 radical (unpaired) electrons. The number of furan rings is 1. The van der Waals surface area contributed by atoms with Crippen molar-refractivity contribution in [2.45, 2.75) is 6.92 Å². The Labute approximate surface area is 155 Å². The van der Waals surface area contributed by atoms with E-state index in [2.05, 4.69) is 10.6 Å². The summed E-state index contributed by atoms with van der Waals surface area (Å²) in [6.45, 7) is 2.35. The van der Waals surface area contributed by atoms with Gasteiger partial charge in [-0.1, -0.05) is 6.07 Å². The molecular formula is C20H18FN3O3. The topological polar surface area (TPSA) is 87.3 Å². The quantitative estimate of drug-likeness (QED) is 0.650. The van der Waals surface area contributed by atoms with Gasteiger partial charge < -0.3 is 19.8 Å². The summed E-state index contributed by atoms with van der Waals surface area (Å²) < 4.78 is 24.4. The van der Waals surface area contributed by atoms with Crippen LogP contribution in [0.2, 0.25) is 0 Å². The Hall–Kier alpha value is -3.53. The van der Waals surface area contributed by atoms with E-state index in [4.69, 9.17) is 14.4 Å². The molecule has 138 valence electrons. The molecule has 7 heteroatoms. The first-order valence-corrected chi connectivity index (χ1v) is 8.33. The molecule has 3 rings (SSSR count). The van der Waals surface area contributed by atoms with Gasteiger partial charge in [0.1, 0.15) is 34.5 Å². The Balaban J connectivity index is 1.67. The van der Waals surface area contributed by atoms with Gasteiger partial charge in [-0.25, -0.2) is 4.39 Å². The maximum atomic E-state index is 13.6. The molecule has 0 aliphatic heterocycles. The number of carbonyl (C=O) groups excluding carboxylic acids is 1. The number of hydrogen-bond acceptors (Lipinski definition) is 5. The summed E-state index contributed by atoms with van der Waals surface area (Å²) in [6.07, 6.45) is 0. The van der Waals surface area contributed by atoms with E-state index >= 15 is 0 Å². The minimum Gasteiger partial charge on any atom is -0.497 e. The lowest BCUT2D eigenvalue weighted by Crippen LogP contribution is -2.29.